The molecule has 35 heavy (non-hydrogen) atoms. The summed E-state index contributed by atoms with van der Waals surface area (Å²) in [5.74, 6) is 0.527. The van der Waals surface area contributed by atoms with Gasteiger partial charge in [-0.15, -0.1) is 0 Å². The molecule has 1 aliphatic heterocycles. The highest BCUT2D eigenvalue weighted by molar-refractivity contribution is 6.04. The number of carbonyl (C=O) groups excluding carboxylic acids is 1. The topological polar surface area (TPSA) is 83.5 Å². The average Bonchev–Trinajstić information content (AvgIpc) is 2.85. The molecule has 1 fully saturated rings. The van der Waals surface area contributed by atoms with Gasteiger partial charge in [0.05, 0.1) is 36.5 Å². The normalized spacial score (nSPS) is 14.1. The van der Waals surface area contributed by atoms with Crippen LogP contribution in [0.2, 0.25) is 0 Å². The van der Waals surface area contributed by atoms with Crippen LogP contribution in [0.5, 0.6) is 0 Å². The number of aromatic nitrogens is 3. The van der Waals surface area contributed by atoms with Crippen molar-refractivity contribution in [3.63, 3.8) is 0 Å². The first kappa shape index (κ1) is 24.5. The van der Waals surface area contributed by atoms with E-state index in [9.17, 15) is 9.18 Å². The number of nitrogens with one attached hydrogen (secondary N) is 1. The van der Waals surface area contributed by atoms with Gasteiger partial charge < -0.3 is 19.9 Å². The van der Waals surface area contributed by atoms with Crippen LogP contribution in [0.1, 0.15) is 35.6 Å². The van der Waals surface area contributed by atoms with Crippen LogP contribution in [-0.2, 0) is 10.4 Å². The molecule has 3 aromatic rings. The zero-order valence-corrected chi connectivity index (χ0v) is 20.8. The largest absolute Gasteiger partial charge is 0.378 e. The van der Waals surface area contributed by atoms with E-state index in [-0.39, 0.29) is 11.6 Å². The first-order valence-corrected chi connectivity index (χ1v) is 11.6. The Bertz CT molecular complexity index is 1220. The second-order valence-electron chi connectivity index (χ2n) is 9.27. The van der Waals surface area contributed by atoms with Crippen molar-refractivity contribution in [2.75, 3.05) is 55.5 Å². The smallest absolute Gasteiger partial charge is 0.255 e. The highest BCUT2D eigenvalue weighted by Gasteiger charge is 2.22. The Labute approximate surface area is 205 Å². The Kier molecular flexibility index (Phi) is 6.98. The molecule has 9 heteroatoms. The second kappa shape index (κ2) is 9.95. The van der Waals surface area contributed by atoms with E-state index in [1.54, 1.807) is 12.3 Å². The first-order chi connectivity index (χ1) is 16.6. The number of nitrogens with zero attached hydrogens (tertiary/aromatic N) is 5. The Morgan fingerprint density at radius 2 is 1.86 bits per heavy atom. The summed E-state index contributed by atoms with van der Waals surface area (Å²) in [5.41, 5.74) is 3.06. The quantitative estimate of drug-likeness (QED) is 0.568. The highest BCUT2D eigenvalue weighted by atomic mass is 19.1. The van der Waals surface area contributed by atoms with E-state index in [0.717, 1.165) is 41.4 Å². The summed E-state index contributed by atoms with van der Waals surface area (Å²) < 4.78 is 19.8. The summed E-state index contributed by atoms with van der Waals surface area (Å²) in [6, 6.07) is 7.03. The number of anilines is 3. The van der Waals surface area contributed by atoms with Gasteiger partial charge in [0.2, 0.25) is 0 Å². The number of ether oxygens (including phenoxy) is 1. The molecule has 0 aliphatic carbocycles. The number of amides is 1. The van der Waals surface area contributed by atoms with E-state index in [1.807, 2.05) is 38.2 Å². The minimum absolute atomic E-state index is 0.204. The first-order valence-electron chi connectivity index (χ1n) is 11.6. The van der Waals surface area contributed by atoms with Gasteiger partial charge >= 0.3 is 0 Å². The molecule has 0 bridgehead atoms. The number of morpholine rings is 1. The fourth-order valence-electron chi connectivity index (χ4n) is 3.97. The lowest BCUT2D eigenvalue weighted by atomic mass is 10.0. The Morgan fingerprint density at radius 3 is 2.54 bits per heavy atom. The van der Waals surface area contributed by atoms with Crippen molar-refractivity contribution in [1.82, 2.24) is 15.0 Å². The molecule has 0 spiro atoms. The van der Waals surface area contributed by atoms with E-state index in [1.165, 1.54) is 26.1 Å². The number of alkyl halides is 1. The maximum Gasteiger partial charge on any atom is 0.255 e. The van der Waals surface area contributed by atoms with Crippen LogP contribution in [0.3, 0.4) is 0 Å². The van der Waals surface area contributed by atoms with Crippen molar-refractivity contribution in [3.05, 3.63) is 59.8 Å². The van der Waals surface area contributed by atoms with Crippen LogP contribution < -0.4 is 15.1 Å². The SMILES string of the molecule is Cc1ncc(NC(=O)c2ccnc(C(C)(C)F)c2)cc1-c1cnc(N(C)C)c(N2CCOCC2)c1. The molecule has 0 unspecified atom stereocenters. The van der Waals surface area contributed by atoms with Crippen LogP contribution in [0.25, 0.3) is 11.1 Å². The molecule has 1 saturated heterocycles. The molecule has 1 aliphatic rings. The minimum Gasteiger partial charge on any atom is -0.378 e. The van der Waals surface area contributed by atoms with Crippen molar-refractivity contribution in [1.29, 1.82) is 0 Å². The molecule has 8 nitrogen and oxygen atoms in total. The van der Waals surface area contributed by atoms with E-state index in [4.69, 9.17) is 9.72 Å². The predicted molar refractivity (Wildman–Crippen MR) is 136 cm³/mol. The molecular weight excluding hydrogens is 447 g/mol. The maximum absolute atomic E-state index is 14.3. The zero-order valence-electron chi connectivity index (χ0n) is 20.8. The number of hydrogen-bond acceptors (Lipinski definition) is 7. The Morgan fingerprint density at radius 1 is 1.11 bits per heavy atom. The number of carbonyl (C=O) groups is 1. The van der Waals surface area contributed by atoms with Gasteiger partial charge in [-0.1, -0.05) is 0 Å². The van der Waals surface area contributed by atoms with Gasteiger partial charge in [0.15, 0.2) is 5.82 Å². The molecule has 0 saturated carbocycles. The summed E-state index contributed by atoms with van der Waals surface area (Å²) in [5, 5.41) is 2.87. The molecule has 0 radical (unpaired) electrons. The summed E-state index contributed by atoms with van der Waals surface area (Å²) in [6.45, 7) is 7.69. The summed E-state index contributed by atoms with van der Waals surface area (Å²) >= 11 is 0. The summed E-state index contributed by atoms with van der Waals surface area (Å²) in [4.78, 5) is 30.4. The van der Waals surface area contributed by atoms with Crippen molar-refractivity contribution >= 4 is 23.1 Å². The molecule has 1 amide bonds. The van der Waals surface area contributed by atoms with Gasteiger partial charge in [0.25, 0.3) is 5.91 Å². The van der Waals surface area contributed by atoms with Crippen molar-refractivity contribution in [2.24, 2.45) is 0 Å². The molecule has 184 valence electrons. The third-order valence-electron chi connectivity index (χ3n) is 5.91. The summed E-state index contributed by atoms with van der Waals surface area (Å²) in [6.07, 6.45) is 4.88. The second-order valence-corrected chi connectivity index (χ2v) is 9.27. The molecular formula is C26H31FN6O2. The van der Waals surface area contributed by atoms with Crippen LogP contribution >= 0.6 is 0 Å². The lowest BCUT2D eigenvalue weighted by Gasteiger charge is -2.31. The van der Waals surface area contributed by atoms with Gasteiger partial charge in [-0.3, -0.25) is 14.8 Å². The Balaban J connectivity index is 1.64. The molecule has 0 aromatic carbocycles. The number of halogens is 1. The van der Waals surface area contributed by atoms with E-state index in [0.29, 0.717) is 24.5 Å². The highest BCUT2D eigenvalue weighted by Crippen LogP contribution is 2.33. The number of pyridine rings is 3. The Hall–Kier alpha value is -3.59. The van der Waals surface area contributed by atoms with Crippen molar-refractivity contribution in [2.45, 2.75) is 26.4 Å². The predicted octanol–water partition coefficient (Wildman–Crippen LogP) is 4.21. The maximum atomic E-state index is 14.3. The lowest BCUT2D eigenvalue weighted by molar-refractivity contribution is 0.102. The lowest BCUT2D eigenvalue weighted by Crippen LogP contribution is -2.37. The van der Waals surface area contributed by atoms with Crippen molar-refractivity contribution < 1.29 is 13.9 Å². The van der Waals surface area contributed by atoms with Gasteiger partial charge in [-0.2, -0.15) is 0 Å². The van der Waals surface area contributed by atoms with Crippen LogP contribution in [0, 0.1) is 6.92 Å². The van der Waals surface area contributed by atoms with Gasteiger partial charge in [0, 0.05) is 62.0 Å². The van der Waals surface area contributed by atoms with Gasteiger partial charge in [-0.05, 0) is 45.0 Å². The molecule has 4 rings (SSSR count). The van der Waals surface area contributed by atoms with E-state index < -0.39 is 5.67 Å². The zero-order chi connectivity index (χ0) is 25.2. The third-order valence-corrected chi connectivity index (χ3v) is 5.91. The van der Waals surface area contributed by atoms with Gasteiger partial charge in [-0.25, -0.2) is 9.37 Å². The van der Waals surface area contributed by atoms with Crippen molar-refractivity contribution in [3.8, 4) is 11.1 Å². The fraction of sp³-hybridized carbons (Fsp3) is 0.385. The molecule has 3 aromatic heterocycles. The van der Waals surface area contributed by atoms with Crippen LogP contribution in [0.4, 0.5) is 21.6 Å². The molecule has 1 N–H and O–H groups in total. The fourth-order valence-corrected chi connectivity index (χ4v) is 3.97. The van der Waals surface area contributed by atoms with Gasteiger partial charge in [0.1, 0.15) is 5.67 Å². The van der Waals surface area contributed by atoms with Crippen LogP contribution in [0.15, 0.2) is 42.9 Å². The molecule has 0 atom stereocenters. The third kappa shape index (κ3) is 5.57. The van der Waals surface area contributed by atoms with E-state index in [2.05, 4.69) is 26.3 Å². The monoisotopic (exact) mass is 478 g/mol. The summed E-state index contributed by atoms with van der Waals surface area (Å²) in [7, 11) is 3.95. The molecule has 4 heterocycles. The average molecular weight is 479 g/mol. The number of hydrogen-bond donors (Lipinski definition) is 1. The van der Waals surface area contributed by atoms with E-state index >= 15 is 0 Å². The van der Waals surface area contributed by atoms with Crippen LogP contribution in [-0.4, -0.2) is 61.3 Å². The standard InChI is InChI=1S/C26H31FN6O2/c1-17-21(19-12-22(24(30-15-19)32(4)5)33-8-10-35-11-9-33)14-20(16-29-17)31-25(34)18-6-7-28-23(13-18)26(2,3)27/h6-7,12-16H,8-11H2,1-5H3,(H,31,34). The number of aryl methyl sites for hydroxylation is 1. The minimum atomic E-state index is -1.64. The number of rotatable bonds is 6.